The molecule has 4 heterocycles. The summed E-state index contributed by atoms with van der Waals surface area (Å²) in [4.78, 5) is 39.1. The number of benzene rings is 4. The van der Waals surface area contributed by atoms with Crippen molar-refractivity contribution in [3.63, 3.8) is 0 Å². The SMILES string of the molecule is C.O=C(Cc1ccc2c(c1)Oc1c(cc3c4c1CCCN4CCC3)C21OC(=O)c2ccccc21)OCc1ccc([N+](=O)[O-])cc1. The van der Waals surface area contributed by atoms with E-state index in [4.69, 9.17) is 14.2 Å². The van der Waals surface area contributed by atoms with Crippen LogP contribution in [0.2, 0.25) is 0 Å². The number of nitro benzene ring substituents is 1. The Hall–Kier alpha value is -5.18. The Morgan fingerprint density at radius 3 is 2.49 bits per heavy atom. The molecule has 0 fully saturated rings. The molecule has 0 amide bonds. The van der Waals surface area contributed by atoms with Crippen molar-refractivity contribution in [1.29, 1.82) is 0 Å². The highest BCUT2D eigenvalue weighted by Crippen LogP contribution is 2.59. The second kappa shape index (κ2) is 10.8. The van der Waals surface area contributed by atoms with Crippen molar-refractivity contribution in [1.82, 2.24) is 0 Å². The Kier molecular flexibility index (Phi) is 6.84. The number of hydrogen-bond acceptors (Lipinski definition) is 8. The van der Waals surface area contributed by atoms with Gasteiger partial charge in [0.1, 0.15) is 18.1 Å². The van der Waals surface area contributed by atoms with Crippen LogP contribution in [-0.4, -0.2) is 30.0 Å². The standard InChI is InChI=1S/C35H28N2O7.CH4/c38-31(42-20-21-9-12-24(13-10-21)37(40)41)18-22-11-14-28-30(17-22)43-33-26-7-4-16-36-15-3-5-23(32(26)36)19-29(33)35(28)27-8-2-1-6-25(27)34(39)44-35;/h1-2,6,8-14,17,19H,3-5,7,15-16,18,20H2;1H4. The first-order chi connectivity index (χ1) is 21.4. The number of anilines is 1. The summed E-state index contributed by atoms with van der Waals surface area (Å²) in [6, 6.07) is 21.2. The predicted molar refractivity (Wildman–Crippen MR) is 167 cm³/mol. The Morgan fingerprint density at radius 2 is 1.69 bits per heavy atom. The molecule has 4 aliphatic heterocycles. The van der Waals surface area contributed by atoms with Crippen LogP contribution < -0.4 is 9.64 Å². The number of rotatable bonds is 5. The van der Waals surface area contributed by atoms with Crippen LogP contribution >= 0.6 is 0 Å². The van der Waals surface area contributed by atoms with E-state index >= 15 is 0 Å². The van der Waals surface area contributed by atoms with Gasteiger partial charge in [0.15, 0.2) is 5.60 Å². The summed E-state index contributed by atoms with van der Waals surface area (Å²) in [5.74, 6) is 0.481. The molecule has 1 unspecified atom stereocenters. The zero-order valence-corrected chi connectivity index (χ0v) is 23.8. The van der Waals surface area contributed by atoms with Gasteiger partial charge in [-0.3, -0.25) is 14.9 Å². The van der Waals surface area contributed by atoms with Crippen LogP contribution in [0, 0.1) is 10.1 Å². The van der Waals surface area contributed by atoms with Crippen LogP contribution in [0.3, 0.4) is 0 Å². The largest absolute Gasteiger partial charge is 0.461 e. The minimum Gasteiger partial charge on any atom is -0.461 e. The summed E-state index contributed by atoms with van der Waals surface area (Å²) in [7, 11) is 0. The maximum atomic E-state index is 13.4. The van der Waals surface area contributed by atoms with Crippen LogP contribution in [0.15, 0.2) is 72.8 Å². The molecule has 0 saturated carbocycles. The van der Waals surface area contributed by atoms with Crippen molar-refractivity contribution in [2.75, 3.05) is 18.0 Å². The normalized spacial score (nSPS) is 18.4. The maximum absolute atomic E-state index is 13.4. The molecule has 4 aliphatic rings. The number of nitrogens with zero attached hydrogens (tertiary/aromatic N) is 2. The van der Waals surface area contributed by atoms with Crippen molar-refractivity contribution >= 4 is 23.3 Å². The molecule has 9 heteroatoms. The van der Waals surface area contributed by atoms with Gasteiger partial charge in [-0.15, -0.1) is 0 Å². The van der Waals surface area contributed by atoms with Crippen molar-refractivity contribution in [2.24, 2.45) is 0 Å². The lowest BCUT2D eigenvalue weighted by Gasteiger charge is -2.42. The highest BCUT2D eigenvalue weighted by Gasteiger charge is 2.54. The number of carbonyl (C=O) groups is 2. The molecule has 0 saturated heterocycles. The molecule has 45 heavy (non-hydrogen) atoms. The van der Waals surface area contributed by atoms with Gasteiger partial charge in [0, 0.05) is 53.2 Å². The highest BCUT2D eigenvalue weighted by atomic mass is 16.6. The highest BCUT2D eigenvalue weighted by molar-refractivity contribution is 5.97. The fraction of sp³-hybridized carbons (Fsp3) is 0.278. The van der Waals surface area contributed by atoms with Gasteiger partial charge in [-0.25, -0.2) is 4.79 Å². The van der Waals surface area contributed by atoms with E-state index in [0.717, 1.165) is 66.8 Å². The molecule has 0 radical (unpaired) electrons. The Bertz CT molecular complexity index is 1880. The monoisotopic (exact) mass is 604 g/mol. The third-order valence-electron chi connectivity index (χ3n) is 9.16. The lowest BCUT2D eigenvalue weighted by Crippen LogP contribution is -2.38. The van der Waals surface area contributed by atoms with Gasteiger partial charge in [0.05, 0.1) is 16.9 Å². The number of hydrogen-bond donors (Lipinski definition) is 0. The second-order valence-electron chi connectivity index (χ2n) is 11.7. The van der Waals surface area contributed by atoms with E-state index in [1.54, 1.807) is 18.2 Å². The Labute approximate surface area is 260 Å². The first-order valence-corrected chi connectivity index (χ1v) is 14.9. The average molecular weight is 605 g/mol. The van der Waals surface area contributed by atoms with Gasteiger partial charge >= 0.3 is 11.9 Å². The lowest BCUT2D eigenvalue weighted by atomic mass is 9.74. The third-order valence-corrected chi connectivity index (χ3v) is 9.16. The van der Waals surface area contributed by atoms with E-state index < -0.39 is 16.5 Å². The van der Waals surface area contributed by atoms with Crippen molar-refractivity contribution in [2.45, 2.75) is 51.7 Å². The van der Waals surface area contributed by atoms with E-state index in [0.29, 0.717) is 22.4 Å². The summed E-state index contributed by atoms with van der Waals surface area (Å²) < 4.78 is 18.6. The Balaban J connectivity index is 0.00000325. The number of ether oxygens (including phenoxy) is 3. The fourth-order valence-corrected chi connectivity index (χ4v) is 7.23. The fourth-order valence-electron chi connectivity index (χ4n) is 7.23. The smallest absolute Gasteiger partial charge is 0.340 e. The van der Waals surface area contributed by atoms with Crippen molar-refractivity contribution in [3.8, 4) is 11.5 Å². The van der Waals surface area contributed by atoms with E-state index in [1.807, 2.05) is 36.4 Å². The zero-order chi connectivity index (χ0) is 30.0. The maximum Gasteiger partial charge on any atom is 0.340 e. The molecule has 228 valence electrons. The first kappa shape index (κ1) is 28.6. The second-order valence-corrected chi connectivity index (χ2v) is 11.7. The molecule has 4 aromatic carbocycles. The molecule has 0 bridgehead atoms. The molecule has 0 aromatic heterocycles. The summed E-state index contributed by atoms with van der Waals surface area (Å²) in [5.41, 5.74) is 6.77. The van der Waals surface area contributed by atoms with Gasteiger partial charge in [-0.2, -0.15) is 0 Å². The molecule has 1 atom stereocenters. The third kappa shape index (κ3) is 4.44. The number of fused-ring (bicyclic) bond motifs is 7. The number of esters is 2. The number of aryl methyl sites for hydroxylation is 1. The summed E-state index contributed by atoms with van der Waals surface area (Å²) in [6.07, 6.45) is 3.94. The first-order valence-electron chi connectivity index (χ1n) is 14.9. The number of carbonyl (C=O) groups excluding carboxylic acids is 2. The van der Waals surface area contributed by atoms with Crippen LogP contribution in [0.1, 0.15) is 69.6 Å². The molecular formula is C36H32N2O7. The molecule has 0 aliphatic carbocycles. The van der Waals surface area contributed by atoms with E-state index in [1.165, 1.54) is 23.4 Å². The van der Waals surface area contributed by atoms with E-state index in [9.17, 15) is 19.7 Å². The van der Waals surface area contributed by atoms with Crippen LogP contribution in [0.4, 0.5) is 11.4 Å². The Morgan fingerprint density at radius 1 is 0.933 bits per heavy atom. The summed E-state index contributed by atoms with van der Waals surface area (Å²) in [5, 5.41) is 10.9. The van der Waals surface area contributed by atoms with Gasteiger partial charge in [0.25, 0.3) is 5.69 Å². The average Bonchev–Trinajstić information content (AvgIpc) is 3.33. The topological polar surface area (TPSA) is 108 Å². The zero-order valence-electron chi connectivity index (χ0n) is 23.8. The molecule has 0 N–H and O–H groups in total. The molecule has 1 spiro atoms. The van der Waals surface area contributed by atoms with E-state index in [-0.39, 0.29) is 32.1 Å². The van der Waals surface area contributed by atoms with Crippen LogP contribution in [0.5, 0.6) is 11.5 Å². The predicted octanol–water partition coefficient (Wildman–Crippen LogP) is 6.78. The molecule has 9 nitrogen and oxygen atoms in total. The van der Waals surface area contributed by atoms with Crippen LogP contribution in [0.25, 0.3) is 0 Å². The minimum atomic E-state index is -1.16. The number of nitro groups is 1. The quantitative estimate of drug-likeness (QED) is 0.139. The van der Waals surface area contributed by atoms with Gasteiger partial charge in [0.2, 0.25) is 0 Å². The molecule has 8 rings (SSSR count). The van der Waals surface area contributed by atoms with Crippen molar-refractivity contribution < 1.29 is 28.7 Å². The van der Waals surface area contributed by atoms with Gasteiger partial charge < -0.3 is 19.1 Å². The van der Waals surface area contributed by atoms with Gasteiger partial charge in [-0.05, 0) is 72.7 Å². The molecule has 4 aromatic rings. The van der Waals surface area contributed by atoms with Crippen molar-refractivity contribution in [3.05, 3.63) is 127 Å². The van der Waals surface area contributed by atoms with Gasteiger partial charge in [-0.1, -0.05) is 37.8 Å². The summed E-state index contributed by atoms with van der Waals surface area (Å²) >= 11 is 0. The van der Waals surface area contributed by atoms with Crippen LogP contribution in [-0.2, 0) is 45.7 Å². The summed E-state index contributed by atoms with van der Waals surface area (Å²) in [6.45, 7) is 2.04. The lowest BCUT2D eigenvalue weighted by molar-refractivity contribution is -0.384. The molecular weight excluding hydrogens is 572 g/mol. The number of non-ortho nitro benzene ring substituents is 1. The minimum absolute atomic E-state index is 0. The van der Waals surface area contributed by atoms with E-state index in [2.05, 4.69) is 11.0 Å².